The van der Waals surface area contributed by atoms with E-state index in [2.05, 4.69) is 10.6 Å². The molecule has 35 heavy (non-hydrogen) atoms. The van der Waals surface area contributed by atoms with Gasteiger partial charge in [-0.05, 0) is 48.9 Å². The van der Waals surface area contributed by atoms with Gasteiger partial charge in [0, 0.05) is 23.7 Å². The van der Waals surface area contributed by atoms with E-state index in [-0.39, 0.29) is 6.42 Å². The summed E-state index contributed by atoms with van der Waals surface area (Å²) >= 11 is 0. The zero-order valence-corrected chi connectivity index (χ0v) is 19.6. The minimum atomic E-state index is -1.66. The van der Waals surface area contributed by atoms with Gasteiger partial charge in [-0.3, -0.25) is 14.4 Å². The van der Waals surface area contributed by atoms with Crippen LogP contribution >= 0.6 is 0 Å². The summed E-state index contributed by atoms with van der Waals surface area (Å²) < 4.78 is 5.25. The summed E-state index contributed by atoms with van der Waals surface area (Å²) in [5, 5.41) is 17.0. The molecule has 0 spiro atoms. The van der Waals surface area contributed by atoms with Crippen molar-refractivity contribution in [2.24, 2.45) is 11.8 Å². The molecule has 1 aliphatic carbocycles. The lowest BCUT2D eigenvalue weighted by molar-refractivity contribution is -0.150. The van der Waals surface area contributed by atoms with Gasteiger partial charge in [0.15, 0.2) is 0 Å². The van der Waals surface area contributed by atoms with Gasteiger partial charge in [0.2, 0.25) is 11.8 Å². The lowest BCUT2D eigenvalue weighted by Crippen LogP contribution is -2.56. The highest BCUT2D eigenvalue weighted by Crippen LogP contribution is 2.46. The molecule has 0 saturated heterocycles. The topological polar surface area (TPSA) is 105 Å². The number of methoxy groups -OCH3 is 1. The van der Waals surface area contributed by atoms with Gasteiger partial charge in [-0.25, -0.2) is 0 Å². The smallest absolute Gasteiger partial charge is 0.235 e. The van der Waals surface area contributed by atoms with Crippen LogP contribution in [0.4, 0.5) is 11.4 Å². The molecule has 3 aromatic rings. The number of benzene rings is 3. The Hall–Kier alpha value is -3.97. The van der Waals surface area contributed by atoms with E-state index < -0.39 is 41.0 Å². The van der Waals surface area contributed by atoms with E-state index in [1.54, 1.807) is 72.8 Å². The summed E-state index contributed by atoms with van der Waals surface area (Å²) in [4.78, 5) is 40.3. The van der Waals surface area contributed by atoms with Crippen LogP contribution in [0.5, 0.6) is 5.75 Å². The number of hydrogen-bond acceptors (Lipinski definition) is 5. The van der Waals surface area contributed by atoms with E-state index in [9.17, 15) is 19.5 Å². The predicted molar refractivity (Wildman–Crippen MR) is 133 cm³/mol. The van der Waals surface area contributed by atoms with Gasteiger partial charge in [0.25, 0.3) is 0 Å². The van der Waals surface area contributed by atoms with Crippen molar-refractivity contribution >= 4 is 29.0 Å². The summed E-state index contributed by atoms with van der Waals surface area (Å²) in [6.07, 6.45) is -0.320. The third kappa shape index (κ3) is 5.25. The maximum Gasteiger partial charge on any atom is 0.235 e. The van der Waals surface area contributed by atoms with Crippen LogP contribution in [-0.4, -0.2) is 35.4 Å². The first-order chi connectivity index (χ1) is 16.8. The molecule has 1 aliphatic rings. The average molecular weight is 473 g/mol. The van der Waals surface area contributed by atoms with Gasteiger partial charge in [-0.1, -0.05) is 48.5 Å². The Morgan fingerprint density at radius 1 is 0.857 bits per heavy atom. The van der Waals surface area contributed by atoms with Crippen molar-refractivity contribution in [1.82, 2.24) is 0 Å². The van der Waals surface area contributed by atoms with Crippen molar-refractivity contribution < 1.29 is 24.2 Å². The Morgan fingerprint density at radius 2 is 1.37 bits per heavy atom. The lowest BCUT2D eigenvalue weighted by atomic mass is 9.61. The molecule has 7 nitrogen and oxygen atoms in total. The highest BCUT2D eigenvalue weighted by atomic mass is 16.5. The van der Waals surface area contributed by atoms with Gasteiger partial charge in [-0.15, -0.1) is 0 Å². The standard InChI is InChI=1S/C28H28N2O5/c1-28(34)17-22(31)24(26(32)29-19-9-5-3-6-10-19)23(18-13-15-21(35-2)16-14-18)25(28)27(33)30-20-11-7-4-8-12-20/h3-16,23-25,34H,17H2,1-2H3,(H,29,32)(H,30,33)/t23-,24+,25-,28+/m0/s1. The normalized spacial score (nSPS) is 23.9. The molecule has 2 amide bonds. The minimum Gasteiger partial charge on any atom is -0.497 e. The van der Waals surface area contributed by atoms with Crippen molar-refractivity contribution in [3.05, 3.63) is 90.5 Å². The summed E-state index contributed by atoms with van der Waals surface area (Å²) in [5.74, 6) is -3.95. The van der Waals surface area contributed by atoms with Crippen molar-refractivity contribution in [3.63, 3.8) is 0 Å². The van der Waals surface area contributed by atoms with Gasteiger partial charge in [-0.2, -0.15) is 0 Å². The Bertz CT molecular complexity index is 1190. The summed E-state index contributed by atoms with van der Waals surface area (Å²) in [6, 6.07) is 24.6. The number of Topliss-reactive ketones (excluding diaryl/α,β-unsaturated/α-hetero) is 1. The molecule has 1 fully saturated rings. The third-order valence-electron chi connectivity index (χ3n) is 6.42. The quantitative estimate of drug-likeness (QED) is 0.470. The predicted octanol–water partition coefficient (Wildman–Crippen LogP) is 4.01. The highest BCUT2D eigenvalue weighted by molar-refractivity contribution is 6.10. The molecule has 0 radical (unpaired) electrons. The Kier molecular flexibility index (Phi) is 6.98. The molecule has 0 bridgehead atoms. The molecule has 0 aliphatic heterocycles. The van der Waals surface area contributed by atoms with Crippen LogP contribution in [0.1, 0.15) is 24.8 Å². The fourth-order valence-electron chi connectivity index (χ4n) is 4.80. The van der Waals surface area contributed by atoms with E-state index in [1.807, 2.05) is 12.1 Å². The van der Waals surface area contributed by atoms with Gasteiger partial charge >= 0.3 is 0 Å². The number of anilines is 2. The number of para-hydroxylation sites is 2. The second-order valence-electron chi connectivity index (χ2n) is 8.97. The second-order valence-corrected chi connectivity index (χ2v) is 8.97. The Morgan fingerprint density at radius 3 is 1.89 bits per heavy atom. The van der Waals surface area contributed by atoms with Gasteiger partial charge < -0.3 is 20.5 Å². The number of ketones is 1. The van der Waals surface area contributed by atoms with Gasteiger partial charge in [0.1, 0.15) is 17.5 Å². The Balaban J connectivity index is 1.76. The Labute approximate surface area is 204 Å². The SMILES string of the molecule is COc1ccc([C@H]2[C@H](C(=O)Nc3ccccc3)C(=O)C[C@@](C)(O)[C@@H]2C(=O)Nc2ccccc2)cc1. The van der Waals surface area contributed by atoms with E-state index >= 15 is 0 Å². The maximum absolute atomic E-state index is 13.6. The second kappa shape index (κ2) is 10.1. The number of ether oxygens (including phenoxy) is 1. The molecule has 0 heterocycles. The van der Waals surface area contributed by atoms with Crippen molar-refractivity contribution in [2.45, 2.75) is 24.9 Å². The number of amides is 2. The van der Waals surface area contributed by atoms with Gasteiger partial charge in [0.05, 0.1) is 18.6 Å². The number of nitrogens with one attached hydrogen (secondary N) is 2. The molecule has 3 N–H and O–H groups in total. The number of carbonyl (C=O) groups is 3. The lowest BCUT2D eigenvalue weighted by Gasteiger charge is -2.44. The van der Waals surface area contributed by atoms with Crippen molar-refractivity contribution in [3.8, 4) is 5.75 Å². The molecule has 7 heteroatoms. The first-order valence-corrected chi connectivity index (χ1v) is 11.4. The van der Waals surface area contributed by atoms with E-state index in [1.165, 1.54) is 14.0 Å². The van der Waals surface area contributed by atoms with E-state index in [4.69, 9.17) is 4.74 Å². The maximum atomic E-state index is 13.6. The van der Waals surface area contributed by atoms with E-state index in [0.717, 1.165) is 0 Å². The largest absolute Gasteiger partial charge is 0.497 e. The zero-order chi connectivity index (χ0) is 25.0. The molecule has 0 unspecified atom stereocenters. The molecule has 3 aromatic carbocycles. The molecule has 4 atom stereocenters. The molecule has 1 saturated carbocycles. The molecule has 4 rings (SSSR count). The summed E-state index contributed by atoms with van der Waals surface area (Å²) in [6.45, 7) is 1.47. The van der Waals surface area contributed by atoms with Crippen LogP contribution in [0.3, 0.4) is 0 Å². The number of hydrogen-bond donors (Lipinski definition) is 3. The molecule has 0 aromatic heterocycles. The van der Waals surface area contributed by atoms with Crippen LogP contribution in [0.25, 0.3) is 0 Å². The average Bonchev–Trinajstić information content (AvgIpc) is 2.84. The minimum absolute atomic E-state index is 0.320. The zero-order valence-electron chi connectivity index (χ0n) is 19.6. The number of carbonyl (C=O) groups excluding carboxylic acids is 3. The first kappa shape index (κ1) is 24.2. The van der Waals surface area contributed by atoms with E-state index in [0.29, 0.717) is 22.7 Å². The number of rotatable bonds is 6. The fourth-order valence-corrected chi connectivity index (χ4v) is 4.80. The van der Waals surface area contributed by atoms with Crippen LogP contribution < -0.4 is 15.4 Å². The van der Waals surface area contributed by atoms with Crippen molar-refractivity contribution in [1.29, 1.82) is 0 Å². The summed E-state index contributed by atoms with van der Waals surface area (Å²) in [7, 11) is 1.54. The van der Waals surface area contributed by atoms with Crippen LogP contribution in [0, 0.1) is 11.8 Å². The van der Waals surface area contributed by atoms with Crippen LogP contribution in [0.15, 0.2) is 84.9 Å². The monoisotopic (exact) mass is 472 g/mol. The fraction of sp³-hybridized carbons (Fsp3) is 0.250. The molecular formula is C28H28N2O5. The summed E-state index contributed by atoms with van der Waals surface area (Å²) in [5.41, 5.74) is 0.0234. The third-order valence-corrected chi connectivity index (χ3v) is 6.42. The van der Waals surface area contributed by atoms with Crippen LogP contribution in [-0.2, 0) is 14.4 Å². The number of aliphatic hydroxyl groups is 1. The molecule has 180 valence electrons. The highest BCUT2D eigenvalue weighted by Gasteiger charge is 2.55. The van der Waals surface area contributed by atoms with Crippen molar-refractivity contribution in [2.75, 3.05) is 17.7 Å². The first-order valence-electron chi connectivity index (χ1n) is 11.4. The molecular weight excluding hydrogens is 444 g/mol. The van der Waals surface area contributed by atoms with Crippen LogP contribution in [0.2, 0.25) is 0 Å².